The summed E-state index contributed by atoms with van der Waals surface area (Å²) < 4.78 is 17.2. The molecule has 6 rings (SSSR count). The Kier molecular flexibility index (Phi) is 39.5. The van der Waals surface area contributed by atoms with Crippen molar-refractivity contribution in [1.82, 2.24) is 9.15 Å². The van der Waals surface area contributed by atoms with E-state index in [1.54, 1.807) is 0 Å². The maximum atomic E-state index is 6.25. The molecule has 16 heteroatoms. The van der Waals surface area contributed by atoms with Gasteiger partial charge in [0.15, 0.2) is 0 Å². The Bertz CT molecular complexity index is 1930. The molecule has 0 unspecified atom stereocenters. The first kappa shape index (κ1) is 68.5. The van der Waals surface area contributed by atoms with Gasteiger partial charge >= 0.3 is 34.1 Å². The number of anilines is 2. The van der Waals surface area contributed by atoms with Gasteiger partial charge in [0.2, 0.25) is 10.7 Å². The average molecular weight is 1040 g/mol. The first-order valence-electron chi connectivity index (χ1n) is 18.0. The maximum Gasteiger partial charge on any atom is 3.00 e. The van der Waals surface area contributed by atoms with Crippen molar-refractivity contribution in [3.05, 3.63) is 95.6 Å². The molecule has 6 nitrogen and oxygen atoms in total. The smallest absolute Gasteiger partial charge is 1.00 e. The van der Waals surface area contributed by atoms with Crippen LogP contribution in [0.4, 0.5) is 11.4 Å². The third-order valence-corrected chi connectivity index (χ3v) is 9.56. The van der Waals surface area contributed by atoms with Gasteiger partial charge in [0.1, 0.15) is 48.9 Å². The molecule has 0 bridgehead atoms. The minimum Gasteiger partial charge on any atom is -1.00 e. The van der Waals surface area contributed by atoms with Crippen LogP contribution in [-0.4, -0.2) is 52.4 Å². The molecule has 2 aliphatic heterocycles. The second kappa shape index (κ2) is 33.4. The van der Waals surface area contributed by atoms with Crippen molar-refractivity contribution in [2.24, 2.45) is 0 Å². The second-order valence-electron chi connectivity index (χ2n) is 12.1. The van der Waals surface area contributed by atoms with Crippen molar-refractivity contribution in [3.63, 3.8) is 0 Å². The van der Waals surface area contributed by atoms with E-state index in [0.29, 0.717) is 0 Å². The van der Waals surface area contributed by atoms with Gasteiger partial charge in [-0.25, -0.2) is 9.15 Å². The van der Waals surface area contributed by atoms with Gasteiger partial charge < -0.3 is 118 Å². The Balaban J connectivity index is -0.000000199. The summed E-state index contributed by atoms with van der Waals surface area (Å²) in [5.41, 5.74) is 6.63. The molecule has 0 amide bonds. The van der Waals surface area contributed by atoms with Gasteiger partial charge in [-0.3, -0.25) is 0 Å². The van der Waals surface area contributed by atoms with E-state index in [0.717, 1.165) is 96.9 Å². The number of rotatable bonds is 10. The fourth-order valence-electron chi connectivity index (χ4n) is 6.64. The van der Waals surface area contributed by atoms with Crippen molar-refractivity contribution in [2.75, 3.05) is 62.2 Å². The molecule has 0 aromatic heterocycles. The summed E-state index contributed by atoms with van der Waals surface area (Å²) in [6.07, 6.45) is 0. The summed E-state index contributed by atoms with van der Waals surface area (Å²) in [5, 5.41) is 4.73. The Morgan fingerprint density at radius 1 is 0.397 bits per heavy atom. The fourth-order valence-corrected chi connectivity index (χ4v) is 6.64. The van der Waals surface area contributed by atoms with Crippen molar-refractivity contribution in [1.29, 1.82) is 0 Å². The van der Waals surface area contributed by atoms with E-state index in [1.807, 2.05) is 0 Å². The molecular weight excluding hydrogens is 988 g/mol. The van der Waals surface area contributed by atoms with Crippen LogP contribution < -0.4 is 129 Å². The number of fused-ring (bicyclic) bond motifs is 4. The standard InChI is InChI=1S/2C21H27N2O.8ClH.2Fe/c2*1-5-22(6-2)18-11-9-16-13-17-10-12-19(23(7-3)8-4)15-21(17)24-20(16)14-18;;;;;;;;;;/h2*9-15H,5-8H2,1-4H3;8*1H;;/q2*+1;;;;;;;;;2*+3/p-8. The van der Waals surface area contributed by atoms with Crippen molar-refractivity contribution in [3.8, 4) is 22.6 Å². The Hall–Kier alpha value is -1.22. The third-order valence-electron chi connectivity index (χ3n) is 9.56. The van der Waals surface area contributed by atoms with Crippen LogP contribution in [0.25, 0.3) is 44.6 Å². The summed E-state index contributed by atoms with van der Waals surface area (Å²) in [4.78, 5) is 4.68. The van der Waals surface area contributed by atoms with Crippen LogP contribution in [0.15, 0.2) is 93.8 Å². The molecule has 2 heterocycles. The Labute approximate surface area is 417 Å². The normalized spacial score (nSPS) is 9.24. The number of halogens is 8. The summed E-state index contributed by atoms with van der Waals surface area (Å²) in [6, 6.07) is 30.4. The van der Waals surface area contributed by atoms with Gasteiger partial charge in [0.25, 0.3) is 0 Å². The van der Waals surface area contributed by atoms with Gasteiger partial charge in [-0.2, -0.15) is 0 Å². The Morgan fingerprint density at radius 3 is 0.983 bits per heavy atom. The van der Waals surface area contributed by atoms with Crippen LogP contribution in [0.5, 0.6) is 0 Å². The third kappa shape index (κ3) is 16.2. The Morgan fingerprint density at radius 2 is 0.707 bits per heavy atom. The van der Waals surface area contributed by atoms with Crippen LogP contribution in [0.3, 0.4) is 0 Å². The second-order valence-corrected chi connectivity index (χ2v) is 12.1. The van der Waals surface area contributed by atoms with Crippen molar-refractivity contribution >= 4 is 33.3 Å². The molecule has 0 saturated carbocycles. The molecule has 0 atom stereocenters. The molecule has 0 fully saturated rings. The quantitative estimate of drug-likeness (QED) is 0.0779. The minimum atomic E-state index is 0. The van der Waals surface area contributed by atoms with Gasteiger partial charge in [0, 0.05) is 83.7 Å². The maximum absolute atomic E-state index is 6.25. The van der Waals surface area contributed by atoms with E-state index < -0.39 is 0 Å². The number of benzene rings is 4. The average Bonchev–Trinajstić information content (AvgIpc) is 3.12. The molecule has 326 valence electrons. The van der Waals surface area contributed by atoms with Gasteiger partial charge in [-0.1, -0.05) is 0 Å². The van der Waals surface area contributed by atoms with Crippen LogP contribution in [-0.2, 0) is 34.1 Å². The molecule has 4 aliphatic rings. The van der Waals surface area contributed by atoms with E-state index >= 15 is 0 Å². The number of hydrogen-bond donors (Lipinski definition) is 0. The van der Waals surface area contributed by atoms with Crippen LogP contribution in [0.2, 0.25) is 0 Å². The molecule has 0 spiro atoms. The number of hydrogen-bond acceptors (Lipinski definition) is 4. The monoisotopic (exact) mass is 1040 g/mol. The van der Waals surface area contributed by atoms with E-state index in [-0.39, 0.29) is 133 Å². The summed E-state index contributed by atoms with van der Waals surface area (Å²) in [5.74, 6) is 1.90. The summed E-state index contributed by atoms with van der Waals surface area (Å²) in [6.45, 7) is 25.5. The molecule has 2 aliphatic carbocycles. The molecule has 2 radical (unpaired) electrons. The van der Waals surface area contributed by atoms with E-state index in [2.05, 4.69) is 159 Å². The van der Waals surface area contributed by atoms with E-state index in [9.17, 15) is 0 Å². The predicted octanol–water partition coefficient (Wildman–Crippen LogP) is -15.6. The van der Waals surface area contributed by atoms with Gasteiger partial charge in [-0.05, 0) is 104 Å². The zero-order valence-corrected chi connectivity index (χ0v) is 42.3. The molecule has 58 heavy (non-hydrogen) atoms. The van der Waals surface area contributed by atoms with Crippen molar-refractivity contribution in [2.45, 2.75) is 55.4 Å². The molecule has 0 N–H and O–H groups in total. The van der Waals surface area contributed by atoms with E-state index in [1.165, 1.54) is 22.1 Å². The number of nitrogens with zero attached hydrogens (tertiary/aromatic N) is 4. The summed E-state index contributed by atoms with van der Waals surface area (Å²) >= 11 is 0. The van der Waals surface area contributed by atoms with Crippen LogP contribution in [0, 0.1) is 0 Å². The van der Waals surface area contributed by atoms with Crippen molar-refractivity contribution < 1.29 is 142 Å². The zero-order valence-electron chi connectivity index (χ0n) is 34.1. The molecule has 0 saturated heterocycles. The van der Waals surface area contributed by atoms with E-state index in [4.69, 9.17) is 8.83 Å². The first-order valence-corrected chi connectivity index (χ1v) is 18.0. The van der Waals surface area contributed by atoms with Gasteiger partial charge in [0.05, 0.1) is 12.1 Å². The van der Waals surface area contributed by atoms with Gasteiger partial charge in [-0.15, -0.1) is 0 Å². The topological polar surface area (TPSA) is 38.8 Å². The SMILES string of the molecule is CCN(CC)c1ccc2cc3ccc(=[N+](CC)CC)cc-3oc2c1.CCN(CC)c1ccc2cc3ccc(=[N+](CC)CC)cc-3oc2c1.[Cl-].[Cl-].[Cl-].[Cl-].[Cl-].[Cl-].[Cl-].[Cl-].[Fe+3].[Fe+3]. The molecule has 2 aromatic rings. The summed E-state index contributed by atoms with van der Waals surface area (Å²) in [7, 11) is 0. The fraction of sp³-hybridized carbons (Fsp3) is 0.381. The predicted molar refractivity (Wildman–Crippen MR) is 205 cm³/mol. The zero-order chi connectivity index (χ0) is 34.2. The molecular formula is C42H54Cl8Fe2N4O2. The largest absolute Gasteiger partial charge is 3.00 e. The minimum absolute atomic E-state index is 0. The van der Waals surface area contributed by atoms with Crippen LogP contribution >= 0.6 is 0 Å². The molecule has 2 aromatic carbocycles. The first-order chi connectivity index (χ1) is 23.4. The van der Waals surface area contributed by atoms with Crippen LogP contribution in [0.1, 0.15) is 55.4 Å².